The standard InChI is InChI=1S/C29H25BrN2O4/c1-17-6-8-18(9-7-17)27(33)25-26(19-4-3-5-21(30)14-19)32(29(35)28(25)34)13-12-20-16-31-24-11-10-22(36-2)15-23(20)24/h3-11,14-16,26,31,33H,12-13H2,1-2H3/b27-25-. The van der Waals surface area contributed by atoms with Crippen molar-refractivity contribution in [2.45, 2.75) is 19.4 Å². The zero-order chi connectivity index (χ0) is 25.4. The molecule has 1 aliphatic rings. The van der Waals surface area contributed by atoms with E-state index in [2.05, 4.69) is 20.9 Å². The first-order chi connectivity index (χ1) is 17.4. The van der Waals surface area contributed by atoms with Gasteiger partial charge in [-0.3, -0.25) is 9.59 Å². The van der Waals surface area contributed by atoms with Crippen molar-refractivity contribution in [3.63, 3.8) is 0 Å². The predicted molar refractivity (Wildman–Crippen MR) is 143 cm³/mol. The highest BCUT2D eigenvalue weighted by molar-refractivity contribution is 9.10. The molecule has 182 valence electrons. The number of halogens is 1. The molecule has 0 bridgehead atoms. The summed E-state index contributed by atoms with van der Waals surface area (Å²) in [5.41, 5.74) is 4.36. The number of fused-ring (bicyclic) bond motifs is 1. The van der Waals surface area contributed by atoms with Gasteiger partial charge in [0.2, 0.25) is 0 Å². The van der Waals surface area contributed by atoms with Gasteiger partial charge in [0.15, 0.2) is 0 Å². The monoisotopic (exact) mass is 544 g/mol. The van der Waals surface area contributed by atoms with Crippen molar-refractivity contribution in [3.8, 4) is 5.75 Å². The van der Waals surface area contributed by atoms with Crippen LogP contribution in [0.4, 0.5) is 0 Å². The van der Waals surface area contributed by atoms with E-state index in [9.17, 15) is 14.7 Å². The molecule has 6 nitrogen and oxygen atoms in total. The maximum absolute atomic E-state index is 13.3. The van der Waals surface area contributed by atoms with Gasteiger partial charge >= 0.3 is 0 Å². The molecule has 1 fully saturated rings. The summed E-state index contributed by atoms with van der Waals surface area (Å²) >= 11 is 3.50. The molecule has 1 atom stereocenters. The van der Waals surface area contributed by atoms with Crippen molar-refractivity contribution in [1.29, 1.82) is 0 Å². The van der Waals surface area contributed by atoms with Gasteiger partial charge in [-0.25, -0.2) is 0 Å². The van der Waals surface area contributed by atoms with Crippen LogP contribution in [-0.4, -0.2) is 40.3 Å². The second kappa shape index (κ2) is 9.66. The molecule has 0 radical (unpaired) electrons. The Morgan fingerprint density at radius 1 is 1.08 bits per heavy atom. The van der Waals surface area contributed by atoms with Gasteiger partial charge in [-0.1, -0.05) is 57.9 Å². The molecule has 7 heteroatoms. The number of aryl methyl sites for hydroxylation is 1. The predicted octanol–water partition coefficient (Wildman–Crippen LogP) is 5.91. The Labute approximate surface area is 217 Å². The first-order valence-electron chi connectivity index (χ1n) is 11.6. The van der Waals surface area contributed by atoms with Gasteiger partial charge in [-0.05, 0) is 54.8 Å². The molecule has 0 aliphatic carbocycles. The minimum atomic E-state index is -0.705. The third-order valence-electron chi connectivity index (χ3n) is 6.63. The molecule has 1 saturated heterocycles. The number of amides is 1. The van der Waals surface area contributed by atoms with Crippen LogP contribution in [-0.2, 0) is 16.0 Å². The lowest BCUT2D eigenvalue weighted by Gasteiger charge is -2.25. The van der Waals surface area contributed by atoms with Gasteiger partial charge in [0.1, 0.15) is 11.5 Å². The summed E-state index contributed by atoms with van der Waals surface area (Å²) < 4.78 is 6.19. The van der Waals surface area contributed by atoms with Crippen LogP contribution in [0.15, 0.2) is 83.0 Å². The largest absolute Gasteiger partial charge is 0.507 e. The summed E-state index contributed by atoms with van der Waals surface area (Å²) in [6.45, 7) is 2.25. The number of H-pyrrole nitrogens is 1. The van der Waals surface area contributed by atoms with E-state index < -0.39 is 17.7 Å². The molecule has 1 aliphatic heterocycles. The summed E-state index contributed by atoms with van der Waals surface area (Å²) in [7, 11) is 1.62. The average molecular weight is 545 g/mol. The quantitative estimate of drug-likeness (QED) is 0.179. The summed E-state index contributed by atoms with van der Waals surface area (Å²) in [5.74, 6) is -0.724. The van der Waals surface area contributed by atoms with E-state index >= 15 is 0 Å². The van der Waals surface area contributed by atoms with Crippen LogP contribution in [0.2, 0.25) is 0 Å². The summed E-state index contributed by atoms with van der Waals surface area (Å²) in [4.78, 5) is 31.4. The molecule has 1 amide bonds. The van der Waals surface area contributed by atoms with E-state index in [1.165, 1.54) is 0 Å². The van der Waals surface area contributed by atoms with E-state index in [0.29, 0.717) is 18.5 Å². The van der Waals surface area contributed by atoms with Gasteiger partial charge in [-0.15, -0.1) is 0 Å². The summed E-state index contributed by atoms with van der Waals surface area (Å²) in [5, 5.41) is 12.2. The molecule has 5 rings (SSSR count). The molecule has 1 aromatic heterocycles. The topological polar surface area (TPSA) is 82.6 Å². The Morgan fingerprint density at radius 2 is 1.86 bits per heavy atom. The van der Waals surface area contributed by atoms with Crippen LogP contribution in [0, 0.1) is 6.92 Å². The highest BCUT2D eigenvalue weighted by atomic mass is 79.9. The number of aromatic amines is 1. The second-order valence-corrected chi connectivity index (χ2v) is 9.80. The lowest BCUT2D eigenvalue weighted by Crippen LogP contribution is -2.31. The number of ketones is 1. The minimum Gasteiger partial charge on any atom is -0.507 e. The number of hydrogen-bond donors (Lipinski definition) is 2. The third-order valence-corrected chi connectivity index (χ3v) is 7.12. The molecule has 36 heavy (non-hydrogen) atoms. The van der Waals surface area contributed by atoms with E-state index in [0.717, 1.165) is 37.8 Å². The van der Waals surface area contributed by atoms with E-state index in [1.807, 2.05) is 67.7 Å². The SMILES string of the molecule is COc1ccc2[nH]cc(CCN3C(=O)C(=O)/C(=C(\O)c4ccc(C)cc4)C3c3cccc(Br)c3)c2c1. The fraction of sp³-hybridized carbons (Fsp3) is 0.172. The van der Waals surface area contributed by atoms with Crippen LogP contribution < -0.4 is 4.74 Å². The molecule has 2 N–H and O–H groups in total. The lowest BCUT2D eigenvalue weighted by atomic mass is 9.95. The van der Waals surface area contributed by atoms with Crippen molar-refractivity contribution < 1.29 is 19.4 Å². The number of benzene rings is 3. The number of likely N-dealkylation sites (tertiary alicyclic amines) is 1. The van der Waals surface area contributed by atoms with Gasteiger partial charge in [0.05, 0.1) is 18.7 Å². The van der Waals surface area contributed by atoms with E-state index in [1.54, 1.807) is 24.1 Å². The molecule has 1 unspecified atom stereocenters. The van der Waals surface area contributed by atoms with Gasteiger partial charge in [-0.2, -0.15) is 0 Å². The lowest BCUT2D eigenvalue weighted by molar-refractivity contribution is -0.139. The van der Waals surface area contributed by atoms with Crippen molar-refractivity contribution in [1.82, 2.24) is 9.88 Å². The molecule has 2 heterocycles. The zero-order valence-corrected chi connectivity index (χ0v) is 21.5. The number of Topliss-reactive ketones (excluding diaryl/α,β-unsaturated/α-hetero) is 1. The van der Waals surface area contributed by atoms with Crippen LogP contribution in [0.3, 0.4) is 0 Å². The van der Waals surface area contributed by atoms with Gasteiger partial charge < -0.3 is 19.7 Å². The Hall–Kier alpha value is -3.84. The maximum Gasteiger partial charge on any atom is 0.295 e. The van der Waals surface area contributed by atoms with Crippen LogP contribution in [0.1, 0.15) is 28.3 Å². The molecule has 0 spiro atoms. The number of nitrogens with one attached hydrogen (secondary N) is 1. The van der Waals surface area contributed by atoms with E-state index in [-0.39, 0.29) is 11.3 Å². The Balaban J connectivity index is 1.56. The first-order valence-corrected chi connectivity index (χ1v) is 12.4. The Kier molecular flexibility index (Phi) is 6.41. The van der Waals surface area contributed by atoms with Crippen molar-refractivity contribution >= 4 is 44.3 Å². The number of carbonyl (C=O) groups is 2. The molecule has 4 aromatic rings. The smallest absolute Gasteiger partial charge is 0.295 e. The summed E-state index contributed by atoms with van der Waals surface area (Å²) in [6, 6.07) is 19.8. The van der Waals surface area contributed by atoms with Crippen LogP contribution in [0.25, 0.3) is 16.7 Å². The van der Waals surface area contributed by atoms with Crippen LogP contribution in [0.5, 0.6) is 5.75 Å². The molecule has 3 aromatic carbocycles. The number of rotatable bonds is 6. The second-order valence-electron chi connectivity index (χ2n) is 8.89. The fourth-order valence-electron chi connectivity index (χ4n) is 4.73. The van der Waals surface area contributed by atoms with E-state index in [4.69, 9.17) is 4.74 Å². The normalized spacial score (nSPS) is 17.2. The highest BCUT2D eigenvalue weighted by Crippen LogP contribution is 2.40. The van der Waals surface area contributed by atoms with Crippen molar-refractivity contribution in [2.24, 2.45) is 0 Å². The van der Waals surface area contributed by atoms with Gasteiger partial charge in [0.25, 0.3) is 11.7 Å². The average Bonchev–Trinajstić information content (AvgIpc) is 3.40. The highest BCUT2D eigenvalue weighted by Gasteiger charge is 2.45. The van der Waals surface area contributed by atoms with Crippen molar-refractivity contribution in [3.05, 3.63) is 105 Å². The number of methoxy groups -OCH3 is 1. The molecular weight excluding hydrogens is 520 g/mol. The minimum absolute atomic E-state index is 0.0996. The molecular formula is C29H25BrN2O4. The number of hydrogen-bond acceptors (Lipinski definition) is 4. The Morgan fingerprint density at radius 3 is 2.58 bits per heavy atom. The Bertz CT molecular complexity index is 1500. The number of aliphatic hydroxyl groups excluding tert-OH is 1. The number of carbonyl (C=O) groups excluding carboxylic acids is 2. The third kappa shape index (κ3) is 4.31. The number of nitrogens with zero attached hydrogens (tertiary/aromatic N) is 1. The summed E-state index contributed by atoms with van der Waals surface area (Å²) in [6.07, 6.45) is 2.44. The zero-order valence-electron chi connectivity index (χ0n) is 19.9. The fourth-order valence-corrected chi connectivity index (χ4v) is 5.15. The molecule has 0 saturated carbocycles. The number of aromatic nitrogens is 1. The van der Waals surface area contributed by atoms with Gasteiger partial charge in [0, 0.05) is 33.7 Å². The first kappa shape index (κ1) is 23.9. The number of aliphatic hydroxyl groups is 1. The van der Waals surface area contributed by atoms with Crippen LogP contribution >= 0.6 is 15.9 Å². The maximum atomic E-state index is 13.3. The van der Waals surface area contributed by atoms with Crippen molar-refractivity contribution in [2.75, 3.05) is 13.7 Å². The number of ether oxygens (including phenoxy) is 1.